The van der Waals surface area contributed by atoms with Gasteiger partial charge in [-0.25, -0.2) is 0 Å². The minimum atomic E-state index is -0.211. The maximum absolute atomic E-state index is 12.6. The van der Waals surface area contributed by atoms with Crippen molar-refractivity contribution in [2.45, 2.75) is 11.5 Å². The van der Waals surface area contributed by atoms with Gasteiger partial charge in [-0.05, 0) is 54.3 Å². The summed E-state index contributed by atoms with van der Waals surface area (Å²) in [5, 5.41) is 2.89. The van der Waals surface area contributed by atoms with E-state index in [4.69, 9.17) is 9.47 Å². The van der Waals surface area contributed by atoms with Gasteiger partial charge in [0.2, 0.25) is 0 Å². The van der Waals surface area contributed by atoms with Crippen LogP contribution in [-0.4, -0.2) is 19.3 Å². The molecule has 0 saturated carbocycles. The maximum Gasteiger partial charge on any atom is 0.259 e. The molecule has 138 valence electrons. The second-order valence-corrected chi connectivity index (χ2v) is 6.70. The van der Waals surface area contributed by atoms with Crippen molar-refractivity contribution in [1.29, 1.82) is 0 Å². The van der Waals surface area contributed by atoms with Crippen LogP contribution in [-0.2, 0) is 6.61 Å². The monoisotopic (exact) mass is 379 g/mol. The minimum Gasteiger partial charge on any atom is -0.496 e. The molecule has 0 fully saturated rings. The third kappa shape index (κ3) is 5.05. The highest BCUT2D eigenvalue weighted by Gasteiger charge is 2.13. The molecule has 1 amide bonds. The summed E-state index contributed by atoms with van der Waals surface area (Å²) >= 11 is 1.60. The molecule has 0 bridgehead atoms. The molecule has 0 unspecified atom stereocenters. The Morgan fingerprint density at radius 3 is 2.41 bits per heavy atom. The Morgan fingerprint density at radius 2 is 1.74 bits per heavy atom. The summed E-state index contributed by atoms with van der Waals surface area (Å²) in [6.45, 7) is 0.505. The Morgan fingerprint density at radius 1 is 1.00 bits per heavy atom. The molecular formula is C22H21NO3S. The van der Waals surface area contributed by atoms with Crippen LogP contribution in [0.5, 0.6) is 11.5 Å². The van der Waals surface area contributed by atoms with Crippen LogP contribution in [0.15, 0.2) is 77.7 Å². The molecule has 27 heavy (non-hydrogen) atoms. The number of thioether (sulfide) groups is 1. The van der Waals surface area contributed by atoms with Gasteiger partial charge in [0.25, 0.3) is 5.91 Å². The van der Waals surface area contributed by atoms with Crippen LogP contribution in [0.25, 0.3) is 0 Å². The lowest BCUT2D eigenvalue weighted by Gasteiger charge is -2.11. The predicted octanol–water partition coefficient (Wildman–Crippen LogP) is 5.25. The summed E-state index contributed by atoms with van der Waals surface area (Å²) in [6, 6.07) is 22.8. The molecule has 0 atom stereocenters. The van der Waals surface area contributed by atoms with Crippen LogP contribution < -0.4 is 14.8 Å². The lowest BCUT2D eigenvalue weighted by molar-refractivity contribution is 0.102. The average molecular weight is 379 g/mol. The summed E-state index contributed by atoms with van der Waals surface area (Å²) < 4.78 is 11.1. The molecule has 3 aromatic rings. The summed E-state index contributed by atoms with van der Waals surface area (Å²) in [7, 11) is 1.56. The summed E-state index contributed by atoms with van der Waals surface area (Å²) in [5.41, 5.74) is 2.30. The lowest BCUT2D eigenvalue weighted by atomic mass is 10.2. The zero-order valence-corrected chi connectivity index (χ0v) is 16.1. The topological polar surface area (TPSA) is 47.6 Å². The molecule has 4 nitrogen and oxygen atoms in total. The first-order valence-electron chi connectivity index (χ1n) is 8.50. The van der Waals surface area contributed by atoms with E-state index in [0.717, 1.165) is 16.2 Å². The lowest BCUT2D eigenvalue weighted by Crippen LogP contribution is -2.13. The van der Waals surface area contributed by atoms with Crippen molar-refractivity contribution < 1.29 is 14.3 Å². The summed E-state index contributed by atoms with van der Waals surface area (Å²) in [4.78, 5) is 13.6. The summed E-state index contributed by atoms with van der Waals surface area (Å²) in [5.74, 6) is 1.10. The molecule has 3 rings (SSSR count). The number of benzene rings is 3. The molecule has 0 spiro atoms. The van der Waals surface area contributed by atoms with Gasteiger partial charge in [-0.3, -0.25) is 4.79 Å². The molecule has 0 aliphatic rings. The molecule has 0 heterocycles. The van der Waals surface area contributed by atoms with Crippen LogP contribution in [0.4, 0.5) is 5.69 Å². The van der Waals surface area contributed by atoms with Gasteiger partial charge in [-0.15, -0.1) is 11.8 Å². The van der Waals surface area contributed by atoms with Gasteiger partial charge in [0.15, 0.2) is 0 Å². The average Bonchev–Trinajstić information content (AvgIpc) is 2.73. The Kier molecular flexibility index (Phi) is 6.39. The molecule has 0 aliphatic carbocycles. The smallest absolute Gasteiger partial charge is 0.259 e. The number of rotatable bonds is 7. The van der Waals surface area contributed by atoms with Crippen LogP contribution in [0, 0.1) is 0 Å². The SMILES string of the molecule is COc1cc(SC)ccc1C(=O)Nc1ccc(OCc2ccccc2)cc1. The van der Waals surface area contributed by atoms with Crippen molar-refractivity contribution in [3.8, 4) is 11.5 Å². The van der Waals surface area contributed by atoms with E-state index in [1.807, 2.05) is 73.0 Å². The van der Waals surface area contributed by atoms with E-state index in [1.54, 1.807) is 24.9 Å². The zero-order valence-electron chi connectivity index (χ0n) is 15.3. The third-order valence-electron chi connectivity index (χ3n) is 4.01. The second-order valence-electron chi connectivity index (χ2n) is 5.82. The molecular weight excluding hydrogens is 358 g/mol. The van der Waals surface area contributed by atoms with Crippen molar-refractivity contribution >= 4 is 23.4 Å². The molecule has 0 aromatic heterocycles. The van der Waals surface area contributed by atoms with Crippen molar-refractivity contribution in [3.63, 3.8) is 0 Å². The number of ether oxygens (including phenoxy) is 2. The third-order valence-corrected chi connectivity index (χ3v) is 4.74. The fraction of sp³-hybridized carbons (Fsp3) is 0.136. The molecule has 0 saturated heterocycles. The van der Waals surface area contributed by atoms with Gasteiger partial charge in [-0.2, -0.15) is 0 Å². The Balaban J connectivity index is 1.63. The number of nitrogens with one attached hydrogen (secondary N) is 1. The molecule has 5 heteroatoms. The van der Waals surface area contributed by atoms with Crippen molar-refractivity contribution in [2.75, 3.05) is 18.7 Å². The normalized spacial score (nSPS) is 10.3. The summed E-state index contributed by atoms with van der Waals surface area (Å²) in [6.07, 6.45) is 1.98. The molecule has 0 aliphatic heterocycles. The van der Waals surface area contributed by atoms with E-state index in [2.05, 4.69) is 5.32 Å². The van der Waals surface area contributed by atoms with E-state index >= 15 is 0 Å². The van der Waals surface area contributed by atoms with Gasteiger partial charge < -0.3 is 14.8 Å². The number of anilines is 1. The number of carbonyl (C=O) groups excluding carboxylic acids is 1. The largest absolute Gasteiger partial charge is 0.496 e. The fourth-order valence-electron chi connectivity index (χ4n) is 2.56. The van der Waals surface area contributed by atoms with Gasteiger partial charge in [0.05, 0.1) is 12.7 Å². The molecule has 3 aromatic carbocycles. The van der Waals surface area contributed by atoms with E-state index in [0.29, 0.717) is 23.6 Å². The second kappa shape index (κ2) is 9.14. The van der Waals surface area contributed by atoms with Gasteiger partial charge in [0, 0.05) is 10.6 Å². The van der Waals surface area contributed by atoms with Gasteiger partial charge in [-0.1, -0.05) is 30.3 Å². The fourth-order valence-corrected chi connectivity index (χ4v) is 2.99. The number of carbonyl (C=O) groups is 1. The van der Waals surface area contributed by atoms with Crippen LogP contribution in [0.1, 0.15) is 15.9 Å². The molecule has 1 N–H and O–H groups in total. The number of hydrogen-bond acceptors (Lipinski definition) is 4. The zero-order chi connectivity index (χ0) is 19.1. The Bertz CT molecular complexity index is 895. The highest BCUT2D eigenvalue weighted by atomic mass is 32.2. The van der Waals surface area contributed by atoms with Gasteiger partial charge >= 0.3 is 0 Å². The number of amides is 1. The van der Waals surface area contributed by atoms with E-state index < -0.39 is 0 Å². The van der Waals surface area contributed by atoms with E-state index in [9.17, 15) is 4.79 Å². The van der Waals surface area contributed by atoms with E-state index in [-0.39, 0.29) is 5.91 Å². The Hall–Kier alpha value is -2.92. The molecule has 0 radical (unpaired) electrons. The first kappa shape index (κ1) is 18.9. The van der Waals surface area contributed by atoms with Crippen LogP contribution >= 0.6 is 11.8 Å². The van der Waals surface area contributed by atoms with Crippen molar-refractivity contribution in [3.05, 3.63) is 83.9 Å². The highest BCUT2D eigenvalue weighted by Crippen LogP contribution is 2.26. The van der Waals surface area contributed by atoms with E-state index in [1.165, 1.54) is 0 Å². The highest BCUT2D eigenvalue weighted by molar-refractivity contribution is 7.98. The first-order chi connectivity index (χ1) is 13.2. The van der Waals surface area contributed by atoms with Crippen molar-refractivity contribution in [1.82, 2.24) is 0 Å². The van der Waals surface area contributed by atoms with Gasteiger partial charge in [0.1, 0.15) is 18.1 Å². The quantitative estimate of drug-likeness (QED) is 0.570. The minimum absolute atomic E-state index is 0.211. The van der Waals surface area contributed by atoms with Crippen LogP contribution in [0.2, 0.25) is 0 Å². The van der Waals surface area contributed by atoms with Crippen molar-refractivity contribution in [2.24, 2.45) is 0 Å². The van der Waals surface area contributed by atoms with Crippen LogP contribution in [0.3, 0.4) is 0 Å². The number of methoxy groups -OCH3 is 1. The Labute approximate surface area is 163 Å². The standard InChI is InChI=1S/C22H21NO3S/c1-25-21-14-19(27-2)12-13-20(21)22(24)23-17-8-10-18(11-9-17)26-15-16-6-4-3-5-7-16/h3-14H,15H2,1-2H3,(H,23,24). The first-order valence-corrected chi connectivity index (χ1v) is 9.72. The number of hydrogen-bond donors (Lipinski definition) is 1. The maximum atomic E-state index is 12.6. The predicted molar refractivity (Wildman–Crippen MR) is 110 cm³/mol.